The number of rotatable bonds is 6. The number of hydrogen-bond acceptors (Lipinski definition) is 2. The zero-order chi connectivity index (χ0) is 15.3. The Labute approximate surface area is 124 Å². The Balaban J connectivity index is 3.09. The van der Waals surface area contributed by atoms with Gasteiger partial charge in [-0.1, -0.05) is 33.8 Å². The molecule has 0 bridgehead atoms. The van der Waals surface area contributed by atoms with Gasteiger partial charge < -0.3 is 10.1 Å². The van der Waals surface area contributed by atoms with Crippen LogP contribution in [0.5, 0.6) is 5.75 Å². The molecular weight excluding hydrogens is 246 g/mol. The second-order valence-electron chi connectivity index (χ2n) is 6.95. The van der Waals surface area contributed by atoms with Gasteiger partial charge in [0.25, 0.3) is 0 Å². The minimum Gasteiger partial charge on any atom is -0.496 e. The average Bonchev–Trinajstić information content (AvgIpc) is 2.35. The number of ether oxygens (including phenoxy) is 1. The van der Waals surface area contributed by atoms with Crippen molar-refractivity contribution in [3.63, 3.8) is 0 Å². The van der Waals surface area contributed by atoms with Gasteiger partial charge in [0.15, 0.2) is 0 Å². The van der Waals surface area contributed by atoms with E-state index < -0.39 is 0 Å². The van der Waals surface area contributed by atoms with Crippen molar-refractivity contribution in [2.45, 2.75) is 60.4 Å². The van der Waals surface area contributed by atoms with E-state index in [1.165, 1.54) is 16.7 Å². The summed E-state index contributed by atoms with van der Waals surface area (Å²) in [6, 6.07) is 4.86. The average molecular weight is 277 g/mol. The van der Waals surface area contributed by atoms with Crippen LogP contribution in [0, 0.1) is 19.3 Å². The van der Waals surface area contributed by atoms with Crippen molar-refractivity contribution in [2.24, 2.45) is 5.41 Å². The Bertz CT molecular complexity index is 432. The van der Waals surface area contributed by atoms with E-state index in [9.17, 15) is 0 Å². The highest BCUT2D eigenvalue weighted by Crippen LogP contribution is 2.33. The summed E-state index contributed by atoms with van der Waals surface area (Å²) in [5, 5.41) is 3.71. The van der Waals surface area contributed by atoms with Gasteiger partial charge in [-0.05, 0) is 61.4 Å². The molecule has 0 saturated carbocycles. The minimum absolute atomic E-state index is 0.311. The molecule has 0 amide bonds. The molecule has 1 N–H and O–H groups in total. The third-order valence-electron chi connectivity index (χ3n) is 3.62. The summed E-state index contributed by atoms with van der Waals surface area (Å²) in [5.41, 5.74) is 4.24. The normalized spacial score (nSPS) is 13.3. The van der Waals surface area contributed by atoms with Crippen LogP contribution in [0.25, 0.3) is 0 Å². The third-order valence-corrected chi connectivity index (χ3v) is 3.62. The fourth-order valence-electron chi connectivity index (χ4n) is 2.63. The molecule has 1 rings (SSSR count). The van der Waals surface area contributed by atoms with E-state index in [2.05, 4.69) is 59.0 Å². The maximum absolute atomic E-state index is 5.42. The van der Waals surface area contributed by atoms with Crippen LogP contribution < -0.4 is 10.1 Å². The van der Waals surface area contributed by atoms with Gasteiger partial charge in [-0.15, -0.1) is 0 Å². The number of methoxy groups -OCH3 is 1. The van der Waals surface area contributed by atoms with Crippen LogP contribution in [-0.2, 0) is 0 Å². The van der Waals surface area contributed by atoms with Gasteiger partial charge >= 0.3 is 0 Å². The molecule has 0 aliphatic carbocycles. The number of aryl methyl sites for hydroxylation is 2. The predicted octanol–water partition coefficient (Wildman–Crippen LogP) is 4.79. The molecule has 1 unspecified atom stereocenters. The largest absolute Gasteiger partial charge is 0.496 e. The standard InChI is InChI=1S/C18H31NO/c1-8-9-19-16(12-18(4,5)6)15-10-14(3)17(20-7)11-13(15)2/h10-11,16,19H,8-9,12H2,1-7H3. The highest BCUT2D eigenvalue weighted by molar-refractivity contribution is 5.43. The summed E-state index contributed by atoms with van der Waals surface area (Å²) in [7, 11) is 1.74. The van der Waals surface area contributed by atoms with Gasteiger partial charge in [-0.3, -0.25) is 0 Å². The van der Waals surface area contributed by atoms with E-state index in [-0.39, 0.29) is 0 Å². The Morgan fingerprint density at radius 1 is 1.15 bits per heavy atom. The minimum atomic E-state index is 0.311. The van der Waals surface area contributed by atoms with Crippen molar-refractivity contribution in [2.75, 3.05) is 13.7 Å². The maximum Gasteiger partial charge on any atom is 0.122 e. The van der Waals surface area contributed by atoms with Gasteiger partial charge in [-0.25, -0.2) is 0 Å². The summed E-state index contributed by atoms with van der Waals surface area (Å²) >= 11 is 0. The molecule has 0 saturated heterocycles. The van der Waals surface area contributed by atoms with Crippen LogP contribution in [-0.4, -0.2) is 13.7 Å². The molecule has 1 atom stereocenters. The van der Waals surface area contributed by atoms with Crippen molar-refractivity contribution in [1.82, 2.24) is 5.32 Å². The summed E-state index contributed by atoms with van der Waals surface area (Å²) in [4.78, 5) is 0. The van der Waals surface area contributed by atoms with Crippen molar-refractivity contribution in [3.8, 4) is 5.75 Å². The molecule has 20 heavy (non-hydrogen) atoms. The smallest absolute Gasteiger partial charge is 0.122 e. The Morgan fingerprint density at radius 2 is 1.80 bits per heavy atom. The monoisotopic (exact) mass is 277 g/mol. The molecule has 2 heteroatoms. The topological polar surface area (TPSA) is 21.3 Å². The second-order valence-corrected chi connectivity index (χ2v) is 6.95. The van der Waals surface area contributed by atoms with E-state index >= 15 is 0 Å². The molecular formula is C18H31NO. The quantitative estimate of drug-likeness (QED) is 0.807. The Kier molecular flexibility index (Phi) is 6.07. The second kappa shape index (κ2) is 7.12. The lowest BCUT2D eigenvalue weighted by Gasteiger charge is -2.29. The first-order valence-electron chi connectivity index (χ1n) is 7.67. The van der Waals surface area contributed by atoms with Crippen LogP contribution >= 0.6 is 0 Å². The van der Waals surface area contributed by atoms with Crippen LogP contribution in [0.3, 0.4) is 0 Å². The van der Waals surface area contributed by atoms with E-state index in [0.717, 1.165) is 25.1 Å². The highest BCUT2D eigenvalue weighted by atomic mass is 16.5. The van der Waals surface area contributed by atoms with E-state index in [4.69, 9.17) is 4.74 Å². The summed E-state index contributed by atoms with van der Waals surface area (Å²) in [5.74, 6) is 0.983. The van der Waals surface area contributed by atoms with Gasteiger partial charge in [0.1, 0.15) is 5.75 Å². The van der Waals surface area contributed by atoms with Gasteiger partial charge in [0.05, 0.1) is 7.11 Å². The third kappa shape index (κ3) is 4.82. The molecule has 0 aliphatic heterocycles. The zero-order valence-electron chi connectivity index (χ0n) is 14.3. The van der Waals surface area contributed by atoms with Crippen LogP contribution in [0.1, 0.15) is 63.3 Å². The van der Waals surface area contributed by atoms with Gasteiger partial charge in [0, 0.05) is 6.04 Å². The van der Waals surface area contributed by atoms with Crippen molar-refractivity contribution < 1.29 is 4.74 Å². The maximum atomic E-state index is 5.42. The summed E-state index contributed by atoms with van der Waals surface area (Å²) < 4.78 is 5.42. The predicted molar refractivity (Wildman–Crippen MR) is 87.6 cm³/mol. The molecule has 0 radical (unpaired) electrons. The first-order valence-corrected chi connectivity index (χ1v) is 7.67. The molecule has 0 spiro atoms. The number of hydrogen-bond donors (Lipinski definition) is 1. The Hall–Kier alpha value is -1.02. The molecule has 1 aromatic carbocycles. The van der Waals surface area contributed by atoms with E-state index in [1.807, 2.05) is 0 Å². The molecule has 0 heterocycles. The lowest BCUT2D eigenvalue weighted by Crippen LogP contribution is -2.27. The fraction of sp³-hybridized carbons (Fsp3) is 0.667. The summed E-state index contributed by atoms with van der Waals surface area (Å²) in [6.45, 7) is 14.5. The molecule has 0 aromatic heterocycles. The molecule has 2 nitrogen and oxygen atoms in total. The molecule has 1 aromatic rings. The zero-order valence-corrected chi connectivity index (χ0v) is 14.3. The van der Waals surface area contributed by atoms with Crippen molar-refractivity contribution >= 4 is 0 Å². The van der Waals surface area contributed by atoms with Crippen LogP contribution in [0.4, 0.5) is 0 Å². The Morgan fingerprint density at radius 3 is 2.30 bits per heavy atom. The van der Waals surface area contributed by atoms with Crippen molar-refractivity contribution in [1.29, 1.82) is 0 Å². The van der Waals surface area contributed by atoms with Gasteiger partial charge in [0.2, 0.25) is 0 Å². The molecule has 114 valence electrons. The fourth-order valence-corrected chi connectivity index (χ4v) is 2.63. The summed E-state index contributed by atoms with van der Waals surface area (Å²) in [6.07, 6.45) is 2.30. The van der Waals surface area contributed by atoms with Crippen LogP contribution in [0.15, 0.2) is 12.1 Å². The molecule has 0 aliphatic rings. The van der Waals surface area contributed by atoms with Crippen molar-refractivity contribution in [3.05, 3.63) is 28.8 Å². The lowest BCUT2D eigenvalue weighted by atomic mass is 9.83. The first-order chi connectivity index (χ1) is 9.28. The number of nitrogens with one attached hydrogen (secondary N) is 1. The SMILES string of the molecule is CCCNC(CC(C)(C)C)c1cc(C)c(OC)cc1C. The van der Waals surface area contributed by atoms with Crippen LogP contribution in [0.2, 0.25) is 0 Å². The highest BCUT2D eigenvalue weighted by Gasteiger charge is 2.21. The first kappa shape index (κ1) is 17.0. The number of benzene rings is 1. The van der Waals surface area contributed by atoms with E-state index in [0.29, 0.717) is 11.5 Å². The van der Waals surface area contributed by atoms with Gasteiger partial charge in [-0.2, -0.15) is 0 Å². The lowest BCUT2D eigenvalue weighted by molar-refractivity contribution is 0.311. The molecule has 0 fully saturated rings. The van der Waals surface area contributed by atoms with E-state index in [1.54, 1.807) is 7.11 Å².